The third-order valence-corrected chi connectivity index (χ3v) is 5.56. The van der Waals surface area contributed by atoms with Crippen molar-refractivity contribution < 1.29 is 22.7 Å². The lowest BCUT2D eigenvalue weighted by Crippen LogP contribution is -2.35. The molecule has 0 aliphatic carbocycles. The van der Waals surface area contributed by atoms with E-state index in [1.54, 1.807) is 6.92 Å². The summed E-state index contributed by atoms with van der Waals surface area (Å²) in [6.45, 7) is 2.13. The molecule has 0 radical (unpaired) electrons. The van der Waals surface area contributed by atoms with Gasteiger partial charge in [-0.2, -0.15) is 8.78 Å². The Morgan fingerprint density at radius 3 is 2.50 bits per heavy atom. The normalized spacial score (nSPS) is 11.4. The highest BCUT2D eigenvalue weighted by atomic mass is 35.5. The van der Waals surface area contributed by atoms with E-state index in [2.05, 4.69) is 10.3 Å². The van der Waals surface area contributed by atoms with Crippen LogP contribution >= 0.6 is 34.8 Å². The molecule has 0 aliphatic heterocycles. The van der Waals surface area contributed by atoms with Gasteiger partial charge in [0.15, 0.2) is 17.3 Å². The van der Waals surface area contributed by atoms with Crippen LogP contribution in [0.15, 0.2) is 42.6 Å². The molecule has 2 aromatic carbocycles. The molecule has 1 heterocycles. The lowest BCUT2D eigenvalue weighted by molar-refractivity contribution is -0.00241. The molecule has 0 saturated carbocycles. The van der Waals surface area contributed by atoms with Crippen LogP contribution in [0.4, 0.5) is 13.2 Å². The summed E-state index contributed by atoms with van der Waals surface area (Å²) in [7, 11) is 0. The maximum atomic E-state index is 14.7. The van der Waals surface area contributed by atoms with Crippen LogP contribution in [0.3, 0.4) is 0 Å². The summed E-state index contributed by atoms with van der Waals surface area (Å²) in [6, 6.07) is 8.17. The quantitative estimate of drug-likeness (QED) is 0.365. The molecule has 1 amide bonds. The first-order valence-electron chi connectivity index (χ1n) is 9.21. The minimum atomic E-state index is -3.45. The van der Waals surface area contributed by atoms with Gasteiger partial charge in [0.2, 0.25) is 0 Å². The molecule has 0 fully saturated rings. The number of hydrogen-bond acceptors (Lipinski definition) is 3. The maximum Gasteiger partial charge on any atom is 0.291 e. The second kappa shape index (κ2) is 9.57. The lowest BCUT2D eigenvalue weighted by atomic mass is 10.1. The molecule has 0 bridgehead atoms. The van der Waals surface area contributed by atoms with Gasteiger partial charge in [0.25, 0.3) is 11.8 Å². The van der Waals surface area contributed by atoms with Crippen LogP contribution in [0.2, 0.25) is 15.2 Å². The highest BCUT2D eigenvalue weighted by Crippen LogP contribution is 2.35. The molecule has 3 aromatic rings. The van der Waals surface area contributed by atoms with Crippen LogP contribution in [-0.4, -0.2) is 17.4 Å². The zero-order chi connectivity index (χ0) is 23.6. The van der Waals surface area contributed by atoms with E-state index in [1.165, 1.54) is 43.3 Å². The molecule has 1 aromatic heterocycles. The van der Waals surface area contributed by atoms with Gasteiger partial charge in [-0.05, 0) is 37.6 Å². The Morgan fingerprint density at radius 1 is 1.09 bits per heavy atom. The van der Waals surface area contributed by atoms with E-state index in [9.17, 15) is 18.0 Å². The average Bonchev–Trinajstić information content (AvgIpc) is 2.72. The molecule has 3 rings (SSSR count). The van der Waals surface area contributed by atoms with Crippen LogP contribution in [0.25, 0.3) is 0 Å². The number of ether oxygens (including phenoxy) is 1. The Hall–Kier alpha value is -2.48. The Balaban J connectivity index is 1.89. The summed E-state index contributed by atoms with van der Waals surface area (Å²) in [5.74, 6) is -5.67. The highest BCUT2D eigenvalue weighted by molar-refractivity contribution is 6.31. The summed E-state index contributed by atoms with van der Waals surface area (Å²) in [5.41, 5.74) is 0.290. The fourth-order valence-corrected chi connectivity index (χ4v) is 3.58. The number of rotatable bonds is 6. The zero-order valence-corrected chi connectivity index (χ0v) is 19.0. The molecular formula is C22H16Cl3F3N2O2. The van der Waals surface area contributed by atoms with E-state index in [0.717, 1.165) is 11.8 Å². The number of pyridine rings is 1. The van der Waals surface area contributed by atoms with Gasteiger partial charge in [-0.25, -0.2) is 9.37 Å². The summed E-state index contributed by atoms with van der Waals surface area (Å²) in [5, 5.41) is 1.82. The van der Waals surface area contributed by atoms with Crippen molar-refractivity contribution in [1.82, 2.24) is 10.3 Å². The van der Waals surface area contributed by atoms with E-state index in [4.69, 9.17) is 39.5 Å². The lowest BCUT2D eigenvalue weighted by Gasteiger charge is -2.20. The van der Waals surface area contributed by atoms with Gasteiger partial charge in [0.1, 0.15) is 5.15 Å². The first-order chi connectivity index (χ1) is 15.0. The molecule has 32 heavy (non-hydrogen) atoms. The van der Waals surface area contributed by atoms with Crippen molar-refractivity contribution in [3.05, 3.63) is 85.9 Å². The minimum Gasteiger partial charge on any atom is -0.452 e. The standard InChI is InChI=1S/C22H16Cl3F3N2O2/c1-11-6-7-13(15(24)8-11)22(27,28)10-30-21(31)18-12(2)20(25)29-9-17(18)32-16-5-3-4-14(23)19(16)26/h3-9H,10H2,1-2H3,(H,30,31). The largest absolute Gasteiger partial charge is 0.452 e. The van der Waals surface area contributed by atoms with Crippen LogP contribution < -0.4 is 10.1 Å². The third kappa shape index (κ3) is 5.11. The van der Waals surface area contributed by atoms with Gasteiger partial charge in [0.05, 0.1) is 28.4 Å². The van der Waals surface area contributed by atoms with Crippen LogP contribution in [0, 0.1) is 19.7 Å². The predicted molar refractivity (Wildman–Crippen MR) is 118 cm³/mol. The Kier molecular flexibility index (Phi) is 7.22. The van der Waals surface area contributed by atoms with Gasteiger partial charge in [-0.1, -0.05) is 53.0 Å². The number of alkyl halides is 2. The number of nitrogens with zero attached hydrogens (tertiary/aromatic N) is 1. The van der Waals surface area contributed by atoms with Gasteiger partial charge in [-0.3, -0.25) is 4.79 Å². The van der Waals surface area contributed by atoms with E-state index >= 15 is 0 Å². The van der Waals surface area contributed by atoms with Crippen LogP contribution in [0.5, 0.6) is 11.5 Å². The molecule has 1 N–H and O–H groups in total. The molecule has 4 nitrogen and oxygen atoms in total. The fourth-order valence-electron chi connectivity index (χ4n) is 2.90. The summed E-state index contributed by atoms with van der Waals surface area (Å²) in [6.07, 6.45) is 1.10. The van der Waals surface area contributed by atoms with E-state index < -0.39 is 29.8 Å². The van der Waals surface area contributed by atoms with Crippen molar-refractivity contribution in [2.45, 2.75) is 19.8 Å². The Labute approximate surface area is 197 Å². The fraction of sp³-hybridized carbons (Fsp3) is 0.182. The summed E-state index contributed by atoms with van der Waals surface area (Å²) >= 11 is 17.7. The van der Waals surface area contributed by atoms with Crippen molar-refractivity contribution in [2.24, 2.45) is 0 Å². The number of carbonyl (C=O) groups excluding carboxylic acids is 1. The van der Waals surface area contributed by atoms with Gasteiger partial charge < -0.3 is 10.1 Å². The molecule has 168 valence electrons. The molecular weight excluding hydrogens is 488 g/mol. The smallest absolute Gasteiger partial charge is 0.291 e. The van der Waals surface area contributed by atoms with Crippen LogP contribution in [-0.2, 0) is 5.92 Å². The maximum absolute atomic E-state index is 14.7. The van der Waals surface area contributed by atoms with E-state index in [-0.39, 0.29) is 37.8 Å². The zero-order valence-electron chi connectivity index (χ0n) is 16.8. The second-order valence-corrected chi connectivity index (χ2v) is 8.11. The molecule has 0 spiro atoms. The van der Waals surface area contributed by atoms with Crippen molar-refractivity contribution in [2.75, 3.05) is 6.54 Å². The number of hydrogen-bond donors (Lipinski definition) is 1. The number of benzene rings is 2. The first kappa shape index (κ1) is 24.2. The third-order valence-electron chi connectivity index (χ3n) is 4.58. The number of nitrogens with one attached hydrogen (secondary N) is 1. The van der Waals surface area contributed by atoms with Crippen molar-refractivity contribution >= 4 is 40.7 Å². The Morgan fingerprint density at radius 2 is 1.81 bits per heavy atom. The van der Waals surface area contributed by atoms with Gasteiger partial charge in [-0.15, -0.1) is 0 Å². The summed E-state index contributed by atoms with van der Waals surface area (Å²) < 4.78 is 49.2. The molecule has 0 unspecified atom stereocenters. The van der Waals surface area contributed by atoms with Crippen molar-refractivity contribution in [1.29, 1.82) is 0 Å². The average molecular weight is 504 g/mol. The number of aryl methyl sites for hydroxylation is 1. The van der Waals surface area contributed by atoms with Crippen LogP contribution in [0.1, 0.15) is 27.0 Å². The first-order valence-corrected chi connectivity index (χ1v) is 10.3. The minimum absolute atomic E-state index is 0.0394. The Bertz CT molecular complexity index is 1190. The molecule has 0 atom stereocenters. The summed E-state index contributed by atoms with van der Waals surface area (Å²) in [4.78, 5) is 16.7. The van der Waals surface area contributed by atoms with Crippen molar-refractivity contribution in [3.8, 4) is 11.5 Å². The highest BCUT2D eigenvalue weighted by Gasteiger charge is 2.35. The molecule has 0 saturated heterocycles. The predicted octanol–water partition coefficient (Wildman–Crippen LogP) is 7.11. The second-order valence-electron chi connectivity index (χ2n) is 6.94. The monoisotopic (exact) mass is 502 g/mol. The number of halogens is 6. The van der Waals surface area contributed by atoms with E-state index in [0.29, 0.717) is 0 Å². The SMILES string of the molecule is Cc1ccc(C(F)(F)CNC(=O)c2c(Oc3cccc(Cl)c3F)cnc(Cl)c2C)c(Cl)c1. The van der Waals surface area contributed by atoms with Crippen molar-refractivity contribution in [3.63, 3.8) is 0 Å². The van der Waals surface area contributed by atoms with Gasteiger partial charge >= 0.3 is 0 Å². The molecule has 10 heteroatoms. The number of carbonyl (C=O) groups is 1. The van der Waals surface area contributed by atoms with E-state index in [1.807, 2.05) is 0 Å². The van der Waals surface area contributed by atoms with Gasteiger partial charge in [0, 0.05) is 11.1 Å². The topological polar surface area (TPSA) is 51.2 Å². The number of aromatic nitrogens is 1. The number of amides is 1. The molecule has 0 aliphatic rings.